The number of halogens is 2. The van der Waals surface area contributed by atoms with Crippen LogP contribution in [0.25, 0.3) is 0 Å². The summed E-state index contributed by atoms with van der Waals surface area (Å²) in [7, 11) is 0. The number of alkyl halides is 2. The first-order valence-electron chi connectivity index (χ1n) is 6.08. The third-order valence-electron chi connectivity index (χ3n) is 3.09. The van der Waals surface area contributed by atoms with Gasteiger partial charge in [-0.1, -0.05) is 0 Å². The molecule has 1 aliphatic rings. The molecule has 1 atom stereocenters. The molecule has 1 unspecified atom stereocenters. The smallest absolute Gasteiger partial charge is 0.261 e. The number of rotatable bonds is 6. The third kappa shape index (κ3) is 3.23. The molecular weight excluding hydrogens is 244 g/mol. The lowest BCUT2D eigenvalue weighted by atomic mass is 10.0. The molecule has 1 aromatic rings. The van der Waals surface area contributed by atoms with Gasteiger partial charge in [0.25, 0.3) is 6.43 Å². The predicted molar refractivity (Wildman–Crippen MR) is 59.4 cm³/mol. The lowest BCUT2D eigenvalue weighted by molar-refractivity contribution is 0.0180. The first-order chi connectivity index (χ1) is 8.70. The maximum Gasteiger partial charge on any atom is 0.261 e. The van der Waals surface area contributed by atoms with Crippen LogP contribution in [0.15, 0.2) is 0 Å². The van der Waals surface area contributed by atoms with Crippen LogP contribution in [0.1, 0.15) is 18.1 Å². The zero-order chi connectivity index (χ0) is 13.0. The van der Waals surface area contributed by atoms with Gasteiger partial charge in [-0.2, -0.15) is 0 Å². The van der Waals surface area contributed by atoms with Crippen LogP contribution in [0, 0.1) is 5.92 Å². The van der Waals surface area contributed by atoms with E-state index in [4.69, 9.17) is 9.84 Å². The maximum absolute atomic E-state index is 11.9. The second-order valence-corrected chi connectivity index (χ2v) is 4.45. The van der Waals surface area contributed by atoms with Crippen molar-refractivity contribution in [1.29, 1.82) is 0 Å². The summed E-state index contributed by atoms with van der Waals surface area (Å²) < 4.78 is 30.6. The number of ether oxygens (including phenoxy) is 1. The average Bonchev–Trinajstić information content (AvgIpc) is 2.76. The van der Waals surface area contributed by atoms with Gasteiger partial charge in [0.1, 0.15) is 18.3 Å². The van der Waals surface area contributed by atoms with E-state index in [1.54, 1.807) is 0 Å². The molecule has 1 aliphatic heterocycles. The topological polar surface area (TPSA) is 60.2 Å². The molecule has 5 nitrogen and oxygen atoms in total. The molecule has 2 heterocycles. The summed E-state index contributed by atoms with van der Waals surface area (Å²) in [4.78, 5) is 0. The van der Waals surface area contributed by atoms with Crippen LogP contribution in [0.2, 0.25) is 0 Å². The summed E-state index contributed by atoms with van der Waals surface area (Å²) in [5, 5.41) is 17.3. The van der Waals surface area contributed by atoms with Crippen LogP contribution >= 0.6 is 0 Å². The van der Waals surface area contributed by atoms with E-state index < -0.39 is 13.0 Å². The van der Waals surface area contributed by atoms with E-state index >= 15 is 0 Å². The average molecular weight is 261 g/mol. The van der Waals surface area contributed by atoms with Gasteiger partial charge < -0.3 is 14.4 Å². The van der Waals surface area contributed by atoms with E-state index in [-0.39, 0.29) is 19.1 Å². The van der Waals surface area contributed by atoms with Crippen molar-refractivity contribution in [1.82, 2.24) is 14.8 Å². The van der Waals surface area contributed by atoms with Crippen molar-refractivity contribution in [3.63, 3.8) is 0 Å². The molecule has 0 aromatic carbocycles. The van der Waals surface area contributed by atoms with Crippen LogP contribution in [0.3, 0.4) is 0 Å². The summed E-state index contributed by atoms with van der Waals surface area (Å²) in [5.74, 6) is 1.88. The minimum Gasteiger partial charge on any atom is -0.396 e. The molecule has 0 saturated heterocycles. The van der Waals surface area contributed by atoms with Gasteiger partial charge in [-0.05, 0) is 6.42 Å². The Hall–Kier alpha value is -1.08. The first kappa shape index (κ1) is 13.4. The molecule has 0 spiro atoms. The molecule has 2 rings (SSSR count). The highest BCUT2D eigenvalue weighted by atomic mass is 19.3. The molecular formula is C11H17F2N3O2. The molecule has 0 aliphatic carbocycles. The largest absolute Gasteiger partial charge is 0.396 e. The molecule has 0 fully saturated rings. The standard InChI is InChI=1S/C11H17F2N3O2/c12-9(13)7-18-4-3-11-15-14-10-2-1-8(6-17)5-16(10)11/h8-9,17H,1-7H2. The maximum atomic E-state index is 11.9. The molecule has 0 radical (unpaired) electrons. The summed E-state index contributed by atoms with van der Waals surface area (Å²) >= 11 is 0. The highest BCUT2D eigenvalue weighted by Crippen LogP contribution is 2.19. The highest BCUT2D eigenvalue weighted by molar-refractivity contribution is 5.00. The normalized spacial score (nSPS) is 19.2. The Labute approximate surface area is 104 Å². The first-order valence-corrected chi connectivity index (χ1v) is 6.08. The van der Waals surface area contributed by atoms with Gasteiger partial charge in [0.2, 0.25) is 0 Å². The van der Waals surface area contributed by atoms with Crippen LogP contribution in [0.4, 0.5) is 8.78 Å². The van der Waals surface area contributed by atoms with E-state index in [0.29, 0.717) is 13.0 Å². The fraction of sp³-hybridized carbons (Fsp3) is 0.818. The second-order valence-electron chi connectivity index (χ2n) is 4.45. The summed E-state index contributed by atoms with van der Waals surface area (Å²) in [6.07, 6.45) is -0.249. The molecule has 102 valence electrons. The minimum atomic E-state index is -2.43. The van der Waals surface area contributed by atoms with Crippen molar-refractivity contribution < 1.29 is 18.6 Å². The number of aliphatic hydroxyl groups excluding tert-OH is 1. The minimum absolute atomic E-state index is 0.152. The Morgan fingerprint density at radius 3 is 3.00 bits per heavy atom. The molecule has 1 N–H and O–H groups in total. The Bertz CT molecular complexity index is 384. The number of aryl methyl sites for hydroxylation is 1. The Kier molecular flexibility index (Phi) is 4.60. The van der Waals surface area contributed by atoms with Crippen LogP contribution in [0.5, 0.6) is 0 Å². The Balaban J connectivity index is 1.88. The van der Waals surface area contributed by atoms with Crippen molar-refractivity contribution in [2.75, 3.05) is 19.8 Å². The zero-order valence-electron chi connectivity index (χ0n) is 10.1. The number of aliphatic hydroxyl groups is 1. The van der Waals surface area contributed by atoms with E-state index in [2.05, 4.69) is 10.2 Å². The van der Waals surface area contributed by atoms with Crippen molar-refractivity contribution in [2.24, 2.45) is 5.92 Å². The number of hydrogen-bond acceptors (Lipinski definition) is 4. The van der Waals surface area contributed by atoms with Crippen molar-refractivity contribution >= 4 is 0 Å². The second kappa shape index (κ2) is 6.19. The lowest BCUT2D eigenvalue weighted by Crippen LogP contribution is -2.24. The predicted octanol–water partition coefficient (Wildman–Crippen LogP) is 0.657. The van der Waals surface area contributed by atoms with Gasteiger partial charge in [0.05, 0.1) is 6.61 Å². The molecule has 0 saturated carbocycles. The summed E-state index contributed by atoms with van der Waals surface area (Å²) in [6, 6.07) is 0. The quantitative estimate of drug-likeness (QED) is 0.764. The van der Waals surface area contributed by atoms with Crippen LogP contribution in [-0.2, 0) is 24.1 Å². The number of aromatic nitrogens is 3. The third-order valence-corrected chi connectivity index (χ3v) is 3.09. The van der Waals surface area contributed by atoms with E-state index in [1.165, 1.54) is 0 Å². The summed E-state index contributed by atoms with van der Waals surface area (Å²) in [5.41, 5.74) is 0. The van der Waals surface area contributed by atoms with Crippen LogP contribution < -0.4 is 0 Å². The fourth-order valence-electron chi connectivity index (χ4n) is 2.12. The molecule has 7 heteroatoms. The van der Waals surface area contributed by atoms with Crippen molar-refractivity contribution in [3.05, 3.63) is 11.6 Å². The van der Waals surface area contributed by atoms with Gasteiger partial charge in [-0.15, -0.1) is 10.2 Å². The van der Waals surface area contributed by atoms with Gasteiger partial charge in [0, 0.05) is 31.9 Å². The Morgan fingerprint density at radius 1 is 1.44 bits per heavy atom. The Morgan fingerprint density at radius 2 is 2.28 bits per heavy atom. The van der Waals surface area contributed by atoms with Gasteiger partial charge in [-0.25, -0.2) is 8.78 Å². The molecule has 0 amide bonds. The monoisotopic (exact) mass is 261 g/mol. The van der Waals surface area contributed by atoms with Gasteiger partial charge in [0.15, 0.2) is 0 Å². The van der Waals surface area contributed by atoms with Crippen molar-refractivity contribution in [3.8, 4) is 0 Å². The molecule has 0 bridgehead atoms. The SMILES string of the molecule is OCC1CCc2nnc(CCOCC(F)F)n2C1. The van der Waals surface area contributed by atoms with Gasteiger partial charge in [-0.3, -0.25) is 0 Å². The van der Waals surface area contributed by atoms with Gasteiger partial charge >= 0.3 is 0 Å². The zero-order valence-corrected chi connectivity index (χ0v) is 10.1. The van der Waals surface area contributed by atoms with E-state index in [9.17, 15) is 8.78 Å². The summed E-state index contributed by atoms with van der Waals surface area (Å²) in [6.45, 7) is 0.522. The number of hydrogen-bond donors (Lipinski definition) is 1. The lowest BCUT2D eigenvalue weighted by Gasteiger charge is -2.22. The van der Waals surface area contributed by atoms with Crippen molar-refractivity contribution in [2.45, 2.75) is 32.2 Å². The molecule has 18 heavy (non-hydrogen) atoms. The van der Waals surface area contributed by atoms with E-state index in [1.807, 2.05) is 4.57 Å². The fourth-order valence-corrected chi connectivity index (χ4v) is 2.12. The number of fused-ring (bicyclic) bond motifs is 1. The van der Waals surface area contributed by atoms with E-state index in [0.717, 1.165) is 24.5 Å². The number of nitrogens with zero attached hydrogens (tertiary/aromatic N) is 3. The highest BCUT2D eigenvalue weighted by Gasteiger charge is 2.22. The molecule has 1 aromatic heterocycles. The van der Waals surface area contributed by atoms with Crippen LogP contribution in [-0.4, -0.2) is 46.1 Å².